The van der Waals surface area contributed by atoms with Gasteiger partial charge in [-0.2, -0.15) is 0 Å². The number of nitrogens with two attached hydrogens (primary N) is 1. The summed E-state index contributed by atoms with van der Waals surface area (Å²) < 4.78 is 12.0. The first kappa shape index (κ1) is 18.7. The Hall–Kier alpha value is -3.65. The van der Waals surface area contributed by atoms with Crippen LogP contribution in [0.2, 0.25) is 0 Å². The van der Waals surface area contributed by atoms with Gasteiger partial charge in [-0.1, -0.05) is 34.1 Å². The van der Waals surface area contributed by atoms with Crippen molar-refractivity contribution in [3.05, 3.63) is 82.7 Å². The summed E-state index contributed by atoms with van der Waals surface area (Å²) in [6.07, 6.45) is 1.38. The molecule has 7 nitrogen and oxygen atoms in total. The molecule has 0 bridgehead atoms. The van der Waals surface area contributed by atoms with Gasteiger partial charge in [0.1, 0.15) is 17.0 Å². The molecule has 0 saturated carbocycles. The van der Waals surface area contributed by atoms with E-state index in [1.54, 1.807) is 48.5 Å². The fourth-order valence-electron chi connectivity index (χ4n) is 2.75. The fraction of sp³-hybridized carbons (Fsp3) is 0. The van der Waals surface area contributed by atoms with Gasteiger partial charge in [-0.05, 0) is 36.4 Å². The number of carbonyl (C=O) groups is 2. The predicted octanol–water partition coefficient (Wildman–Crippen LogP) is 4.73. The average molecular weight is 452 g/mol. The number of rotatable bonds is 5. The molecule has 0 spiro atoms. The van der Waals surface area contributed by atoms with Crippen LogP contribution >= 0.6 is 15.9 Å². The number of para-hydroxylation sites is 1. The molecule has 4 aromatic rings. The zero-order chi connectivity index (χ0) is 20.4. The van der Waals surface area contributed by atoms with E-state index >= 15 is 0 Å². The molecule has 2 aromatic heterocycles. The molecule has 0 aliphatic rings. The molecule has 0 fully saturated rings. The Balaban J connectivity index is 1.56. The van der Waals surface area contributed by atoms with Crippen LogP contribution in [0.5, 0.6) is 11.6 Å². The first-order valence-corrected chi connectivity index (χ1v) is 9.33. The maximum absolute atomic E-state index is 12.7. The van der Waals surface area contributed by atoms with Crippen molar-refractivity contribution in [2.24, 2.45) is 5.73 Å². The first-order chi connectivity index (χ1) is 14.0. The maximum Gasteiger partial charge on any atom is 0.286 e. The number of carbonyl (C=O) groups excluding carboxylic acids is 2. The van der Waals surface area contributed by atoms with Crippen LogP contribution in [0.4, 0.5) is 5.69 Å². The van der Waals surface area contributed by atoms with Crippen LogP contribution in [-0.2, 0) is 0 Å². The lowest BCUT2D eigenvalue weighted by Gasteiger charge is -2.07. The average Bonchev–Trinajstić information content (AvgIpc) is 3.07. The number of benzene rings is 2. The van der Waals surface area contributed by atoms with Gasteiger partial charge in [0.05, 0.1) is 5.56 Å². The van der Waals surface area contributed by atoms with E-state index in [1.165, 1.54) is 6.20 Å². The van der Waals surface area contributed by atoms with Crippen LogP contribution in [0.1, 0.15) is 20.9 Å². The van der Waals surface area contributed by atoms with Gasteiger partial charge in [0.2, 0.25) is 11.6 Å². The Morgan fingerprint density at radius 3 is 2.62 bits per heavy atom. The van der Waals surface area contributed by atoms with Gasteiger partial charge in [0.25, 0.3) is 11.8 Å². The number of primary amides is 1. The summed E-state index contributed by atoms with van der Waals surface area (Å²) in [7, 11) is 0. The second-order valence-corrected chi connectivity index (χ2v) is 6.98. The topological polar surface area (TPSA) is 107 Å². The minimum Gasteiger partial charge on any atom is -0.449 e. The summed E-state index contributed by atoms with van der Waals surface area (Å²) in [6, 6.07) is 17.4. The van der Waals surface area contributed by atoms with Gasteiger partial charge in [-0.15, -0.1) is 0 Å². The lowest BCUT2D eigenvalue weighted by atomic mass is 10.2. The summed E-state index contributed by atoms with van der Waals surface area (Å²) in [6.45, 7) is 0. The summed E-state index contributed by atoms with van der Waals surface area (Å²) in [4.78, 5) is 28.5. The van der Waals surface area contributed by atoms with Crippen LogP contribution in [-0.4, -0.2) is 16.8 Å². The van der Waals surface area contributed by atoms with Gasteiger partial charge in [0.15, 0.2) is 0 Å². The predicted molar refractivity (Wildman–Crippen MR) is 111 cm³/mol. The van der Waals surface area contributed by atoms with Crippen molar-refractivity contribution in [2.75, 3.05) is 5.32 Å². The third-order valence-corrected chi connectivity index (χ3v) is 4.57. The van der Waals surface area contributed by atoms with Crippen LogP contribution in [0.25, 0.3) is 11.0 Å². The molecule has 2 heterocycles. The zero-order valence-electron chi connectivity index (χ0n) is 14.9. The second kappa shape index (κ2) is 7.76. The lowest BCUT2D eigenvalue weighted by molar-refractivity contribution is 0.0977. The molecule has 0 unspecified atom stereocenters. The monoisotopic (exact) mass is 451 g/mol. The van der Waals surface area contributed by atoms with Crippen molar-refractivity contribution >= 4 is 44.4 Å². The Morgan fingerprint density at radius 1 is 1.07 bits per heavy atom. The number of hydrogen-bond donors (Lipinski definition) is 2. The summed E-state index contributed by atoms with van der Waals surface area (Å²) in [5.74, 6) is -0.388. The highest BCUT2D eigenvalue weighted by Gasteiger charge is 2.21. The number of pyridine rings is 1. The van der Waals surface area contributed by atoms with E-state index in [0.29, 0.717) is 22.6 Å². The molecule has 0 atom stereocenters. The molecular weight excluding hydrogens is 438 g/mol. The molecule has 0 saturated heterocycles. The van der Waals surface area contributed by atoms with Crippen molar-refractivity contribution in [3.63, 3.8) is 0 Å². The van der Waals surface area contributed by atoms with Crippen LogP contribution in [0.3, 0.4) is 0 Å². The number of ether oxygens (including phenoxy) is 1. The summed E-state index contributed by atoms with van der Waals surface area (Å²) in [5.41, 5.74) is 6.35. The lowest BCUT2D eigenvalue weighted by Crippen LogP contribution is -2.17. The van der Waals surface area contributed by atoms with E-state index in [-0.39, 0.29) is 17.0 Å². The highest BCUT2D eigenvalue weighted by molar-refractivity contribution is 9.10. The van der Waals surface area contributed by atoms with Crippen molar-refractivity contribution in [1.29, 1.82) is 0 Å². The highest BCUT2D eigenvalue weighted by atomic mass is 79.9. The second-order valence-electron chi connectivity index (χ2n) is 6.07. The number of anilines is 1. The Kier molecular flexibility index (Phi) is 5.01. The van der Waals surface area contributed by atoms with E-state index in [1.807, 2.05) is 12.1 Å². The van der Waals surface area contributed by atoms with Crippen LogP contribution in [0, 0.1) is 0 Å². The number of nitrogens with zero attached hydrogens (tertiary/aromatic N) is 1. The van der Waals surface area contributed by atoms with Crippen LogP contribution < -0.4 is 15.8 Å². The number of halogens is 1. The third-order valence-electron chi connectivity index (χ3n) is 4.07. The summed E-state index contributed by atoms with van der Waals surface area (Å²) in [5, 5.41) is 3.27. The normalized spacial score (nSPS) is 10.7. The number of aromatic nitrogens is 1. The third kappa shape index (κ3) is 3.97. The Morgan fingerprint density at radius 2 is 1.90 bits per heavy atom. The van der Waals surface area contributed by atoms with Crippen molar-refractivity contribution in [2.45, 2.75) is 0 Å². The van der Waals surface area contributed by atoms with Crippen molar-refractivity contribution in [3.8, 4) is 11.6 Å². The fourth-order valence-corrected chi connectivity index (χ4v) is 3.13. The van der Waals surface area contributed by atoms with Gasteiger partial charge in [-0.25, -0.2) is 4.98 Å². The maximum atomic E-state index is 12.7. The number of fused-ring (bicyclic) bond motifs is 1. The van der Waals surface area contributed by atoms with Gasteiger partial charge in [-0.3, -0.25) is 9.59 Å². The SMILES string of the molecule is NC(=O)c1oc2ccccc2c1NC(=O)c1ccc(Oc2cccc(Br)c2)nc1. The van der Waals surface area contributed by atoms with E-state index < -0.39 is 11.8 Å². The van der Waals surface area contributed by atoms with E-state index in [9.17, 15) is 9.59 Å². The number of nitrogens with one attached hydrogen (secondary N) is 1. The quantitative estimate of drug-likeness (QED) is 0.455. The Bertz CT molecular complexity index is 1220. The number of furan rings is 1. The van der Waals surface area contributed by atoms with E-state index in [0.717, 1.165) is 4.47 Å². The molecule has 0 radical (unpaired) electrons. The van der Waals surface area contributed by atoms with Gasteiger partial charge in [0, 0.05) is 22.1 Å². The number of hydrogen-bond acceptors (Lipinski definition) is 5. The standard InChI is InChI=1S/C21H14BrN3O4/c22-13-4-3-5-14(10-13)28-17-9-8-12(11-24-17)21(27)25-18-15-6-1-2-7-16(15)29-19(18)20(23)26/h1-11H,(H2,23,26)(H,25,27). The smallest absolute Gasteiger partial charge is 0.286 e. The molecule has 2 amide bonds. The molecule has 144 valence electrons. The molecule has 4 rings (SSSR count). The molecular formula is C21H14BrN3O4. The molecule has 8 heteroatoms. The van der Waals surface area contributed by atoms with E-state index in [2.05, 4.69) is 26.2 Å². The molecule has 3 N–H and O–H groups in total. The number of amides is 2. The largest absolute Gasteiger partial charge is 0.449 e. The molecule has 0 aliphatic carbocycles. The minimum absolute atomic E-state index is 0.109. The minimum atomic E-state index is -0.771. The molecule has 29 heavy (non-hydrogen) atoms. The Labute approximate surface area is 173 Å². The summed E-state index contributed by atoms with van der Waals surface area (Å²) >= 11 is 3.37. The molecule has 0 aliphatic heterocycles. The van der Waals surface area contributed by atoms with E-state index in [4.69, 9.17) is 14.9 Å². The van der Waals surface area contributed by atoms with Gasteiger partial charge < -0.3 is 20.2 Å². The highest BCUT2D eigenvalue weighted by Crippen LogP contribution is 2.31. The van der Waals surface area contributed by atoms with Crippen LogP contribution in [0.15, 0.2) is 75.8 Å². The zero-order valence-corrected chi connectivity index (χ0v) is 16.5. The van der Waals surface area contributed by atoms with Gasteiger partial charge >= 0.3 is 0 Å². The van der Waals surface area contributed by atoms with Crippen molar-refractivity contribution in [1.82, 2.24) is 4.98 Å². The molecule has 2 aromatic carbocycles. The van der Waals surface area contributed by atoms with Crippen molar-refractivity contribution < 1.29 is 18.7 Å². The first-order valence-electron chi connectivity index (χ1n) is 8.53.